The Morgan fingerprint density at radius 3 is 2.89 bits per heavy atom. The zero-order valence-corrected chi connectivity index (χ0v) is 16.1. The number of amides is 1. The van der Waals surface area contributed by atoms with Gasteiger partial charge in [-0.3, -0.25) is 4.79 Å². The quantitative estimate of drug-likeness (QED) is 0.831. The molecule has 142 valence electrons. The Labute approximate surface area is 160 Å². The van der Waals surface area contributed by atoms with Crippen molar-refractivity contribution < 1.29 is 9.53 Å². The predicted octanol–water partition coefficient (Wildman–Crippen LogP) is 3.58. The number of ether oxygens (including phenoxy) is 1. The molecule has 0 bridgehead atoms. The second-order valence-electron chi connectivity index (χ2n) is 8.20. The van der Waals surface area contributed by atoms with Crippen molar-refractivity contribution in [2.45, 2.75) is 45.1 Å². The largest absolute Gasteiger partial charge is 0.376 e. The Bertz CT molecular complexity index is 822. The zero-order chi connectivity index (χ0) is 18.9. The summed E-state index contributed by atoms with van der Waals surface area (Å²) in [6.07, 6.45) is 4.36. The Kier molecular flexibility index (Phi) is 4.96. The minimum atomic E-state index is -0.201. The smallest absolute Gasteiger partial charge is 0.222 e. The molecule has 2 aromatic rings. The lowest BCUT2D eigenvalue weighted by molar-refractivity contribution is -0.130. The monoisotopic (exact) mass is 365 g/mol. The number of rotatable bonds is 4. The molecule has 1 atom stereocenters. The van der Waals surface area contributed by atoms with Gasteiger partial charge in [-0.05, 0) is 18.8 Å². The van der Waals surface area contributed by atoms with Crippen molar-refractivity contribution in [3.8, 4) is 11.4 Å². The van der Waals surface area contributed by atoms with E-state index in [2.05, 4.69) is 18.8 Å². The van der Waals surface area contributed by atoms with Gasteiger partial charge in [-0.15, -0.1) is 0 Å². The van der Waals surface area contributed by atoms with E-state index >= 15 is 0 Å². The molecule has 3 heterocycles. The lowest BCUT2D eigenvalue weighted by Crippen LogP contribution is -2.41. The molecule has 27 heavy (non-hydrogen) atoms. The maximum Gasteiger partial charge on any atom is 0.222 e. The summed E-state index contributed by atoms with van der Waals surface area (Å²) in [5.41, 5.74) is 2.94. The first-order valence-corrected chi connectivity index (χ1v) is 9.85. The van der Waals surface area contributed by atoms with Crippen LogP contribution in [0, 0.1) is 5.92 Å². The summed E-state index contributed by atoms with van der Waals surface area (Å²) in [4.78, 5) is 24.1. The van der Waals surface area contributed by atoms with Gasteiger partial charge in [-0.2, -0.15) is 0 Å². The van der Waals surface area contributed by atoms with Gasteiger partial charge in [0, 0.05) is 36.8 Å². The third-order valence-corrected chi connectivity index (χ3v) is 5.68. The molecule has 1 aromatic heterocycles. The van der Waals surface area contributed by atoms with E-state index in [0.29, 0.717) is 32.1 Å². The van der Waals surface area contributed by atoms with Gasteiger partial charge in [0.2, 0.25) is 5.91 Å². The summed E-state index contributed by atoms with van der Waals surface area (Å²) in [5.74, 6) is 1.55. The number of nitrogens with zero attached hydrogens (tertiary/aromatic N) is 3. The van der Waals surface area contributed by atoms with E-state index in [0.717, 1.165) is 42.0 Å². The minimum absolute atomic E-state index is 0.201. The van der Waals surface area contributed by atoms with Crippen molar-refractivity contribution in [3.05, 3.63) is 47.8 Å². The van der Waals surface area contributed by atoms with E-state index < -0.39 is 0 Å². The molecule has 1 aromatic carbocycles. The average Bonchev–Trinajstić information content (AvgIpc) is 3.12. The van der Waals surface area contributed by atoms with Crippen molar-refractivity contribution in [1.29, 1.82) is 0 Å². The molecule has 0 unspecified atom stereocenters. The SMILES string of the molecule is CC(C)CCC(=O)N1CC[C@@]2(COCc3cnc(-c4ccccc4)nc32)C1. The first-order chi connectivity index (χ1) is 13.1. The minimum Gasteiger partial charge on any atom is -0.376 e. The fourth-order valence-corrected chi connectivity index (χ4v) is 4.09. The van der Waals surface area contributed by atoms with Crippen LogP contribution in [0.3, 0.4) is 0 Å². The van der Waals surface area contributed by atoms with Gasteiger partial charge in [-0.1, -0.05) is 44.2 Å². The average molecular weight is 365 g/mol. The summed E-state index contributed by atoms with van der Waals surface area (Å²) in [6, 6.07) is 10.1. The van der Waals surface area contributed by atoms with Crippen LogP contribution >= 0.6 is 0 Å². The lowest BCUT2D eigenvalue weighted by Gasteiger charge is -2.34. The van der Waals surface area contributed by atoms with Gasteiger partial charge in [0.05, 0.1) is 24.3 Å². The van der Waals surface area contributed by atoms with E-state index in [4.69, 9.17) is 9.72 Å². The van der Waals surface area contributed by atoms with Crippen molar-refractivity contribution in [1.82, 2.24) is 14.9 Å². The maximum absolute atomic E-state index is 12.6. The molecule has 2 aliphatic rings. The van der Waals surface area contributed by atoms with Gasteiger partial charge in [0.1, 0.15) is 0 Å². The van der Waals surface area contributed by atoms with Crippen molar-refractivity contribution in [2.75, 3.05) is 19.7 Å². The van der Waals surface area contributed by atoms with Gasteiger partial charge >= 0.3 is 0 Å². The Morgan fingerprint density at radius 2 is 2.11 bits per heavy atom. The summed E-state index contributed by atoms with van der Waals surface area (Å²) >= 11 is 0. The Hall–Kier alpha value is -2.27. The zero-order valence-electron chi connectivity index (χ0n) is 16.1. The molecule has 1 spiro atoms. The third kappa shape index (κ3) is 3.61. The van der Waals surface area contributed by atoms with Crippen LogP contribution in [0.5, 0.6) is 0 Å². The number of hydrogen-bond acceptors (Lipinski definition) is 4. The van der Waals surface area contributed by atoms with Crippen LogP contribution in [-0.2, 0) is 21.6 Å². The topological polar surface area (TPSA) is 55.3 Å². The number of likely N-dealkylation sites (tertiary alicyclic amines) is 1. The van der Waals surface area contributed by atoms with Gasteiger partial charge in [-0.25, -0.2) is 9.97 Å². The van der Waals surface area contributed by atoms with E-state index in [1.807, 2.05) is 41.4 Å². The van der Waals surface area contributed by atoms with Crippen LogP contribution in [0.25, 0.3) is 11.4 Å². The van der Waals surface area contributed by atoms with Gasteiger partial charge in [0.25, 0.3) is 0 Å². The van der Waals surface area contributed by atoms with Crippen molar-refractivity contribution in [2.24, 2.45) is 5.92 Å². The second kappa shape index (κ2) is 7.39. The molecule has 5 nitrogen and oxygen atoms in total. The highest BCUT2D eigenvalue weighted by atomic mass is 16.5. The van der Waals surface area contributed by atoms with Crippen LogP contribution in [0.4, 0.5) is 0 Å². The highest BCUT2D eigenvalue weighted by Crippen LogP contribution is 2.39. The van der Waals surface area contributed by atoms with Gasteiger partial charge in [0.15, 0.2) is 5.82 Å². The van der Waals surface area contributed by atoms with E-state index in [1.165, 1.54) is 0 Å². The number of fused-ring (bicyclic) bond motifs is 2. The van der Waals surface area contributed by atoms with Crippen molar-refractivity contribution in [3.63, 3.8) is 0 Å². The molecule has 0 N–H and O–H groups in total. The predicted molar refractivity (Wildman–Crippen MR) is 104 cm³/mol. The first kappa shape index (κ1) is 18.1. The van der Waals surface area contributed by atoms with Crippen LogP contribution in [0.15, 0.2) is 36.5 Å². The molecule has 0 radical (unpaired) electrons. The van der Waals surface area contributed by atoms with E-state index in [1.54, 1.807) is 0 Å². The van der Waals surface area contributed by atoms with Crippen LogP contribution < -0.4 is 0 Å². The number of benzene rings is 1. The summed E-state index contributed by atoms with van der Waals surface area (Å²) < 4.78 is 5.89. The standard InChI is InChI=1S/C22H27N3O2/c1-16(2)8-9-19(26)25-11-10-22(14-25)15-27-13-18-12-23-21(24-20(18)22)17-6-4-3-5-7-17/h3-7,12,16H,8-11,13-15H2,1-2H3/t22-/m0/s1. The normalized spacial score (nSPS) is 21.7. The molecular weight excluding hydrogens is 338 g/mol. The Balaban J connectivity index is 1.60. The molecule has 1 amide bonds. The number of hydrogen-bond donors (Lipinski definition) is 0. The molecule has 4 rings (SSSR count). The molecule has 0 saturated carbocycles. The highest BCUT2D eigenvalue weighted by molar-refractivity contribution is 5.76. The molecule has 1 saturated heterocycles. The second-order valence-corrected chi connectivity index (χ2v) is 8.20. The maximum atomic E-state index is 12.6. The molecular formula is C22H27N3O2. The Morgan fingerprint density at radius 1 is 1.30 bits per heavy atom. The highest BCUT2D eigenvalue weighted by Gasteiger charge is 2.46. The first-order valence-electron chi connectivity index (χ1n) is 9.85. The number of aromatic nitrogens is 2. The van der Waals surface area contributed by atoms with Gasteiger partial charge < -0.3 is 9.64 Å². The summed E-state index contributed by atoms with van der Waals surface area (Å²) in [7, 11) is 0. The van der Waals surface area contributed by atoms with Crippen molar-refractivity contribution >= 4 is 5.91 Å². The third-order valence-electron chi connectivity index (χ3n) is 5.68. The molecule has 2 aliphatic heterocycles. The fourth-order valence-electron chi connectivity index (χ4n) is 4.09. The van der Waals surface area contributed by atoms with Crippen LogP contribution in [0.1, 0.15) is 44.4 Å². The summed E-state index contributed by atoms with van der Waals surface area (Å²) in [6.45, 7) is 6.97. The lowest BCUT2D eigenvalue weighted by atomic mass is 9.80. The number of carbonyl (C=O) groups excluding carboxylic acids is 1. The fraction of sp³-hybridized carbons (Fsp3) is 0.500. The van der Waals surface area contributed by atoms with E-state index in [-0.39, 0.29) is 11.3 Å². The van der Waals surface area contributed by atoms with E-state index in [9.17, 15) is 4.79 Å². The van der Waals surface area contributed by atoms with Crippen LogP contribution in [-0.4, -0.2) is 40.5 Å². The summed E-state index contributed by atoms with van der Waals surface area (Å²) in [5, 5.41) is 0. The molecule has 1 fully saturated rings. The van der Waals surface area contributed by atoms with Crippen LogP contribution in [0.2, 0.25) is 0 Å². The molecule has 0 aliphatic carbocycles. The molecule has 5 heteroatoms. The number of carbonyl (C=O) groups is 1.